The number of esters is 1. The average molecular weight is 334 g/mol. The minimum Gasteiger partial charge on any atom is -0.461 e. The molecule has 0 radical (unpaired) electrons. The summed E-state index contributed by atoms with van der Waals surface area (Å²) in [6, 6.07) is 12.9. The van der Waals surface area contributed by atoms with Gasteiger partial charge in [0.05, 0.1) is 12.1 Å². The van der Waals surface area contributed by atoms with Crippen LogP contribution >= 0.6 is 23.2 Å². The van der Waals surface area contributed by atoms with Crippen molar-refractivity contribution in [2.24, 2.45) is 0 Å². The Hall–Kier alpha value is -1.97. The van der Waals surface area contributed by atoms with Gasteiger partial charge in [-0.15, -0.1) is 0 Å². The van der Waals surface area contributed by atoms with E-state index >= 15 is 0 Å². The predicted molar refractivity (Wildman–Crippen MR) is 89.7 cm³/mol. The van der Waals surface area contributed by atoms with Crippen LogP contribution in [0.15, 0.2) is 42.5 Å². The van der Waals surface area contributed by atoms with Crippen LogP contribution in [0.2, 0.25) is 10.0 Å². The highest BCUT2D eigenvalue weighted by Crippen LogP contribution is 2.35. The minimum atomic E-state index is -0.373. The van der Waals surface area contributed by atoms with Gasteiger partial charge in [0, 0.05) is 26.6 Å². The lowest BCUT2D eigenvalue weighted by Crippen LogP contribution is -2.04. The molecule has 0 amide bonds. The number of aromatic nitrogens is 1. The summed E-state index contributed by atoms with van der Waals surface area (Å²) in [5.74, 6) is -0.373. The van der Waals surface area contributed by atoms with E-state index in [4.69, 9.17) is 27.9 Å². The van der Waals surface area contributed by atoms with Crippen LogP contribution in [0.1, 0.15) is 17.4 Å². The summed E-state index contributed by atoms with van der Waals surface area (Å²) in [7, 11) is 0. The number of fused-ring (bicyclic) bond motifs is 1. The van der Waals surface area contributed by atoms with Crippen molar-refractivity contribution in [1.82, 2.24) is 4.98 Å². The molecule has 0 aliphatic rings. The lowest BCUT2D eigenvalue weighted by atomic mass is 10.0. The van der Waals surface area contributed by atoms with Gasteiger partial charge in [0.25, 0.3) is 0 Å². The lowest BCUT2D eigenvalue weighted by Gasteiger charge is -2.07. The minimum absolute atomic E-state index is 0.335. The van der Waals surface area contributed by atoms with Gasteiger partial charge in [0.2, 0.25) is 0 Å². The molecule has 0 saturated carbocycles. The maximum atomic E-state index is 11.9. The van der Waals surface area contributed by atoms with Crippen molar-refractivity contribution in [2.45, 2.75) is 6.92 Å². The van der Waals surface area contributed by atoms with Gasteiger partial charge in [-0.25, -0.2) is 4.79 Å². The molecule has 1 aromatic heterocycles. The Labute approximate surface area is 137 Å². The van der Waals surface area contributed by atoms with E-state index in [1.54, 1.807) is 25.1 Å². The summed E-state index contributed by atoms with van der Waals surface area (Å²) >= 11 is 12.4. The molecule has 0 bridgehead atoms. The van der Waals surface area contributed by atoms with E-state index in [1.807, 2.05) is 24.3 Å². The monoisotopic (exact) mass is 333 g/mol. The van der Waals surface area contributed by atoms with Crippen LogP contribution in [-0.2, 0) is 4.74 Å². The molecule has 0 aliphatic heterocycles. The zero-order valence-electron chi connectivity index (χ0n) is 11.8. The third-order valence-electron chi connectivity index (χ3n) is 3.37. The number of hydrogen-bond acceptors (Lipinski definition) is 2. The molecule has 3 aromatic rings. The first kappa shape index (κ1) is 14.9. The fourth-order valence-corrected chi connectivity index (χ4v) is 2.79. The smallest absolute Gasteiger partial charge is 0.354 e. The highest BCUT2D eigenvalue weighted by Gasteiger charge is 2.14. The zero-order chi connectivity index (χ0) is 15.7. The van der Waals surface area contributed by atoms with Crippen molar-refractivity contribution < 1.29 is 9.53 Å². The van der Waals surface area contributed by atoms with Gasteiger partial charge < -0.3 is 9.72 Å². The molecule has 0 atom stereocenters. The first-order valence-electron chi connectivity index (χ1n) is 6.84. The SMILES string of the molecule is CCOC(=O)c1cc2cccc(-c3cc(Cl)ccc3Cl)c2[nH]1. The summed E-state index contributed by atoms with van der Waals surface area (Å²) in [5, 5.41) is 2.12. The third-order valence-corrected chi connectivity index (χ3v) is 3.93. The molecule has 0 spiro atoms. The van der Waals surface area contributed by atoms with Crippen molar-refractivity contribution in [3.05, 3.63) is 58.2 Å². The van der Waals surface area contributed by atoms with Gasteiger partial charge in [-0.2, -0.15) is 0 Å². The van der Waals surface area contributed by atoms with E-state index in [1.165, 1.54) is 0 Å². The molecular formula is C17H13Cl2NO2. The van der Waals surface area contributed by atoms with E-state index in [9.17, 15) is 4.79 Å². The maximum Gasteiger partial charge on any atom is 0.354 e. The molecule has 1 heterocycles. The van der Waals surface area contributed by atoms with Crippen molar-refractivity contribution in [3.63, 3.8) is 0 Å². The molecule has 0 fully saturated rings. The van der Waals surface area contributed by atoms with Crippen LogP contribution in [0.4, 0.5) is 0 Å². The first-order valence-corrected chi connectivity index (χ1v) is 7.60. The number of aromatic amines is 1. The highest BCUT2D eigenvalue weighted by atomic mass is 35.5. The van der Waals surface area contributed by atoms with Crippen LogP contribution in [0.5, 0.6) is 0 Å². The Bertz CT molecular complexity index is 855. The van der Waals surface area contributed by atoms with E-state index in [0.29, 0.717) is 22.3 Å². The van der Waals surface area contributed by atoms with Crippen LogP contribution in [0.25, 0.3) is 22.0 Å². The normalized spacial score (nSPS) is 10.9. The number of carbonyl (C=O) groups excluding carboxylic acids is 1. The molecule has 112 valence electrons. The quantitative estimate of drug-likeness (QED) is 0.659. The molecule has 5 heteroatoms. The van der Waals surface area contributed by atoms with E-state index in [2.05, 4.69) is 4.98 Å². The van der Waals surface area contributed by atoms with Gasteiger partial charge in [0.1, 0.15) is 5.69 Å². The van der Waals surface area contributed by atoms with Crippen molar-refractivity contribution in [3.8, 4) is 11.1 Å². The number of benzene rings is 2. The molecule has 3 nitrogen and oxygen atoms in total. The molecule has 1 N–H and O–H groups in total. The van der Waals surface area contributed by atoms with Crippen molar-refractivity contribution in [1.29, 1.82) is 0 Å². The molecule has 0 saturated heterocycles. The fourth-order valence-electron chi connectivity index (χ4n) is 2.40. The fraction of sp³-hybridized carbons (Fsp3) is 0.118. The molecule has 22 heavy (non-hydrogen) atoms. The number of rotatable bonds is 3. The van der Waals surface area contributed by atoms with Crippen molar-refractivity contribution >= 4 is 40.1 Å². The highest BCUT2D eigenvalue weighted by molar-refractivity contribution is 6.35. The molecule has 0 unspecified atom stereocenters. The number of para-hydroxylation sites is 1. The van der Waals surface area contributed by atoms with Crippen LogP contribution in [0, 0.1) is 0 Å². The first-order chi connectivity index (χ1) is 10.6. The zero-order valence-corrected chi connectivity index (χ0v) is 13.3. The topological polar surface area (TPSA) is 42.1 Å². The number of H-pyrrole nitrogens is 1. The Morgan fingerprint density at radius 2 is 1.95 bits per heavy atom. The summed E-state index contributed by atoms with van der Waals surface area (Å²) in [5.41, 5.74) is 2.95. The maximum absolute atomic E-state index is 11.9. The van der Waals surface area contributed by atoms with Crippen LogP contribution < -0.4 is 0 Å². The Balaban J connectivity index is 2.18. The molecule has 3 rings (SSSR count). The number of hydrogen-bond donors (Lipinski definition) is 1. The number of ether oxygens (including phenoxy) is 1. The summed E-state index contributed by atoms with van der Waals surface area (Å²) in [6.45, 7) is 2.11. The largest absolute Gasteiger partial charge is 0.461 e. The molecular weight excluding hydrogens is 321 g/mol. The van der Waals surface area contributed by atoms with Gasteiger partial charge in [-0.05, 0) is 31.2 Å². The van der Waals surface area contributed by atoms with Gasteiger partial charge in [-0.3, -0.25) is 0 Å². The number of carbonyl (C=O) groups is 1. The summed E-state index contributed by atoms with van der Waals surface area (Å²) in [4.78, 5) is 15.0. The second-order valence-corrected chi connectivity index (χ2v) is 5.64. The van der Waals surface area contributed by atoms with E-state index in [0.717, 1.165) is 22.0 Å². The third kappa shape index (κ3) is 2.70. The van der Waals surface area contributed by atoms with Crippen LogP contribution in [-0.4, -0.2) is 17.6 Å². The van der Waals surface area contributed by atoms with Crippen LogP contribution in [0.3, 0.4) is 0 Å². The second-order valence-electron chi connectivity index (χ2n) is 4.80. The Kier molecular flexibility index (Phi) is 4.10. The Morgan fingerprint density at radius 1 is 1.14 bits per heavy atom. The second kappa shape index (κ2) is 6.03. The summed E-state index contributed by atoms with van der Waals surface area (Å²) < 4.78 is 5.03. The average Bonchev–Trinajstić information content (AvgIpc) is 2.94. The number of halogens is 2. The molecule has 0 aliphatic carbocycles. The Morgan fingerprint density at radius 3 is 2.73 bits per heavy atom. The van der Waals surface area contributed by atoms with Crippen molar-refractivity contribution in [2.75, 3.05) is 6.61 Å². The van der Waals surface area contributed by atoms with Gasteiger partial charge in [0.15, 0.2) is 0 Å². The van der Waals surface area contributed by atoms with E-state index in [-0.39, 0.29) is 5.97 Å². The van der Waals surface area contributed by atoms with Gasteiger partial charge in [-0.1, -0.05) is 41.4 Å². The van der Waals surface area contributed by atoms with E-state index < -0.39 is 0 Å². The lowest BCUT2D eigenvalue weighted by molar-refractivity contribution is 0.0520. The van der Waals surface area contributed by atoms with Gasteiger partial charge >= 0.3 is 5.97 Å². The molecule has 2 aromatic carbocycles. The standard InChI is InChI=1S/C17H13Cl2NO2/c1-2-22-17(21)15-8-10-4-3-5-12(16(10)20-15)13-9-11(18)6-7-14(13)19/h3-9,20H,2H2,1H3. The summed E-state index contributed by atoms with van der Waals surface area (Å²) in [6.07, 6.45) is 0. The predicted octanol–water partition coefficient (Wildman–Crippen LogP) is 5.32. The number of nitrogens with one attached hydrogen (secondary N) is 1.